The molecule has 0 heterocycles. The SMILES string of the molecule is Cc1cc2c3ccccc3cc3c4c(-c5ccccc5)c5c(cc4c(c1)c23)cc1c2ccccc2c2cccc5c21. The number of benzene rings is 8. The van der Waals surface area contributed by atoms with Gasteiger partial charge in [0.1, 0.15) is 0 Å². The van der Waals surface area contributed by atoms with Crippen LogP contribution in [0.1, 0.15) is 5.56 Å². The van der Waals surface area contributed by atoms with Crippen LogP contribution in [0.4, 0.5) is 0 Å². The summed E-state index contributed by atoms with van der Waals surface area (Å²) in [5.41, 5.74) is 3.93. The fourth-order valence-corrected chi connectivity index (χ4v) is 7.96. The van der Waals surface area contributed by atoms with Crippen molar-refractivity contribution < 1.29 is 0 Å². The topological polar surface area (TPSA) is 0 Å². The van der Waals surface area contributed by atoms with Gasteiger partial charge in [-0.3, -0.25) is 0 Å². The maximum absolute atomic E-state index is 2.49. The summed E-state index contributed by atoms with van der Waals surface area (Å²) in [4.78, 5) is 0. The molecule has 41 heavy (non-hydrogen) atoms. The normalized spacial score (nSPS) is 12.5. The van der Waals surface area contributed by atoms with E-state index < -0.39 is 0 Å². The van der Waals surface area contributed by atoms with E-state index in [-0.39, 0.29) is 0 Å². The Morgan fingerprint density at radius 2 is 0.854 bits per heavy atom. The first-order valence-corrected chi connectivity index (χ1v) is 14.4. The molecule has 0 heteroatoms. The highest BCUT2D eigenvalue weighted by Crippen LogP contribution is 2.51. The van der Waals surface area contributed by atoms with Crippen molar-refractivity contribution in [3.63, 3.8) is 0 Å². The van der Waals surface area contributed by atoms with Crippen molar-refractivity contribution in [2.24, 2.45) is 0 Å². The smallest absolute Gasteiger partial charge is 0.00132 e. The van der Waals surface area contributed by atoms with Crippen LogP contribution in [0.3, 0.4) is 0 Å². The molecule has 0 saturated heterocycles. The molecule has 0 bridgehead atoms. The molecular formula is C41H24. The van der Waals surface area contributed by atoms with Crippen molar-refractivity contribution in [1.29, 1.82) is 0 Å². The van der Waals surface area contributed by atoms with Gasteiger partial charge < -0.3 is 0 Å². The second-order valence-electron chi connectivity index (χ2n) is 11.7. The molecule has 0 unspecified atom stereocenters. The summed E-state index contributed by atoms with van der Waals surface area (Å²) < 4.78 is 0. The maximum Gasteiger partial charge on any atom is -0.00132 e. The zero-order valence-electron chi connectivity index (χ0n) is 22.6. The summed E-state index contributed by atoms with van der Waals surface area (Å²) in [7, 11) is 0. The molecule has 10 aromatic carbocycles. The van der Waals surface area contributed by atoms with E-state index in [9.17, 15) is 0 Å². The van der Waals surface area contributed by atoms with Gasteiger partial charge in [-0.25, -0.2) is 0 Å². The molecule has 0 amide bonds. The number of hydrogen-bond donors (Lipinski definition) is 0. The van der Waals surface area contributed by atoms with Gasteiger partial charge in [0.2, 0.25) is 0 Å². The predicted octanol–water partition coefficient (Wildman–Crippen LogP) is 11.8. The fourth-order valence-electron chi connectivity index (χ4n) is 7.96. The van der Waals surface area contributed by atoms with E-state index >= 15 is 0 Å². The van der Waals surface area contributed by atoms with E-state index in [1.165, 1.54) is 103 Å². The van der Waals surface area contributed by atoms with Crippen LogP contribution in [-0.4, -0.2) is 0 Å². The molecule has 0 aliphatic heterocycles. The molecule has 0 radical (unpaired) electrons. The summed E-state index contributed by atoms with van der Waals surface area (Å²) in [6.45, 7) is 2.24. The minimum absolute atomic E-state index is 1.27. The van der Waals surface area contributed by atoms with E-state index in [0.717, 1.165) is 0 Å². The Kier molecular flexibility index (Phi) is 3.95. The lowest BCUT2D eigenvalue weighted by atomic mass is 9.88. The van der Waals surface area contributed by atoms with Crippen LogP contribution in [0.5, 0.6) is 0 Å². The standard InChI is InChI=1S/C41H24/c1-23-18-32-27-13-6-5-12-25(27)20-36-40(32)33(19-23)35-22-26-21-34-29-15-8-7-14-28(29)30-16-9-17-31(39(30)34)37(26)38(41(35)36)24-10-3-2-4-11-24/h2-22H,1H3. The molecule has 0 N–H and O–H groups in total. The van der Waals surface area contributed by atoms with Crippen molar-refractivity contribution in [3.8, 4) is 11.1 Å². The second-order valence-corrected chi connectivity index (χ2v) is 11.7. The van der Waals surface area contributed by atoms with Gasteiger partial charge in [0.05, 0.1) is 0 Å². The highest BCUT2D eigenvalue weighted by Gasteiger charge is 2.23. The Balaban J connectivity index is 1.56. The monoisotopic (exact) mass is 516 g/mol. The number of fused-ring (bicyclic) bond motifs is 10. The Labute approximate surface area is 236 Å². The van der Waals surface area contributed by atoms with Gasteiger partial charge in [0.15, 0.2) is 0 Å². The van der Waals surface area contributed by atoms with E-state index in [1.54, 1.807) is 0 Å². The van der Waals surface area contributed by atoms with Crippen LogP contribution >= 0.6 is 0 Å². The van der Waals surface area contributed by atoms with Crippen molar-refractivity contribution in [2.45, 2.75) is 6.92 Å². The Morgan fingerprint density at radius 1 is 0.317 bits per heavy atom. The molecular weight excluding hydrogens is 492 g/mol. The largest absolute Gasteiger partial charge is 0.0622 e. The second kappa shape index (κ2) is 7.50. The van der Waals surface area contributed by atoms with Gasteiger partial charge in [-0.2, -0.15) is 0 Å². The van der Waals surface area contributed by atoms with Gasteiger partial charge in [0, 0.05) is 0 Å². The quantitative estimate of drug-likeness (QED) is 0.190. The lowest BCUT2D eigenvalue weighted by Crippen LogP contribution is -1.87. The molecule has 188 valence electrons. The van der Waals surface area contributed by atoms with E-state index in [0.29, 0.717) is 0 Å². The lowest BCUT2D eigenvalue weighted by Gasteiger charge is -2.14. The summed E-state index contributed by atoms with van der Waals surface area (Å²) in [5.74, 6) is 0. The summed E-state index contributed by atoms with van der Waals surface area (Å²) in [6.07, 6.45) is 0. The van der Waals surface area contributed by atoms with Gasteiger partial charge >= 0.3 is 0 Å². The third kappa shape index (κ3) is 2.65. The molecule has 0 nitrogen and oxygen atoms in total. The van der Waals surface area contributed by atoms with Crippen LogP contribution in [-0.2, 0) is 0 Å². The number of aryl methyl sites for hydroxylation is 1. The first-order chi connectivity index (χ1) is 20.3. The fraction of sp³-hybridized carbons (Fsp3) is 0.0244. The van der Waals surface area contributed by atoms with Crippen LogP contribution in [0.25, 0.3) is 97.3 Å². The maximum atomic E-state index is 2.49. The molecule has 10 rings (SSSR count). The van der Waals surface area contributed by atoms with Crippen molar-refractivity contribution in [3.05, 3.63) is 133 Å². The number of rotatable bonds is 1. The molecule has 0 aromatic heterocycles. The third-order valence-corrected chi connectivity index (χ3v) is 9.49. The number of hydrogen-bond acceptors (Lipinski definition) is 0. The highest BCUT2D eigenvalue weighted by molar-refractivity contribution is 6.42. The van der Waals surface area contributed by atoms with Gasteiger partial charge in [0.25, 0.3) is 0 Å². The average Bonchev–Trinajstić information content (AvgIpc) is 3.50. The summed E-state index contributed by atoms with van der Waals surface area (Å²) in [5, 5.41) is 21.6. The molecule has 0 saturated carbocycles. The molecule has 0 atom stereocenters. The lowest BCUT2D eigenvalue weighted by molar-refractivity contribution is 1.53. The average molecular weight is 517 g/mol. The molecule has 0 fully saturated rings. The van der Waals surface area contributed by atoms with Crippen LogP contribution in [0, 0.1) is 6.92 Å². The van der Waals surface area contributed by atoms with E-state index in [1.807, 2.05) is 0 Å². The van der Waals surface area contributed by atoms with Crippen LogP contribution in [0.2, 0.25) is 0 Å². The van der Waals surface area contributed by atoms with Crippen LogP contribution in [0.15, 0.2) is 127 Å². The first-order valence-electron chi connectivity index (χ1n) is 14.4. The van der Waals surface area contributed by atoms with Gasteiger partial charge in [-0.05, 0) is 128 Å². The van der Waals surface area contributed by atoms with E-state index in [4.69, 9.17) is 0 Å². The van der Waals surface area contributed by atoms with E-state index in [2.05, 4.69) is 134 Å². The summed E-state index contributed by atoms with van der Waals surface area (Å²) in [6, 6.07) is 47.9. The van der Waals surface area contributed by atoms with Gasteiger partial charge in [-0.15, -0.1) is 0 Å². The minimum Gasteiger partial charge on any atom is -0.0622 e. The first kappa shape index (κ1) is 21.6. The zero-order chi connectivity index (χ0) is 26.8. The molecule has 0 aliphatic carbocycles. The van der Waals surface area contributed by atoms with Crippen LogP contribution < -0.4 is 0 Å². The Bertz CT molecular complexity index is 2670. The Hall–Kier alpha value is -5.20. The third-order valence-electron chi connectivity index (χ3n) is 9.49. The molecule has 10 aromatic rings. The van der Waals surface area contributed by atoms with Crippen molar-refractivity contribution in [2.75, 3.05) is 0 Å². The van der Waals surface area contributed by atoms with Gasteiger partial charge in [-0.1, -0.05) is 109 Å². The molecule has 0 spiro atoms. The Morgan fingerprint density at radius 3 is 1.66 bits per heavy atom. The summed E-state index contributed by atoms with van der Waals surface area (Å²) >= 11 is 0. The molecule has 0 aliphatic rings. The highest BCUT2D eigenvalue weighted by atomic mass is 14.3. The predicted molar refractivity (Wildman–Crippen MR) is 179 cm³/mol. The van der Waals surface area contributed by atoms with Crippen molar-refractivity contribution >= 4 is 86.2 Å². The van der Waals surface area contributed by atoms with Crippen molar-refractivity contribution in [1.82, 2.24) is 0 Å². The zero-order valence-corrected chi connectivity index (χ0v) is 22.6. The minimum atomic E-state index is 1.27.